The maximum atomic E-state index is 12.0. The monoisotopic (exact) mass is 323 g/mol. The third-order valence-corrected chi connectivity index (χ3v) is 4.07. The number of nitrogens with one attached hydrogen (secondary N) is 2. The van der Waals surface area contributed by atoms with Gasteiger partial charge in [0.1, 0.15) is 0 Å². The zero-order valence-electron chi connectivity index (χ0n) is 10.8. The summed E-state index contributed by atoms with van der Waals surface area (Å²) in [6.45, 7) is 0. The molecule has 0 atom stereocenters. The molecule has 0 saturated carbocycles. The lowest BCUT2D eigenvalue weighted by Crippen LogP contribution is -2.22. The molecule has 22 heavy (non-hydrogen) atoms. The smallest absolute Gasteiger partial charge is 0.314 e. The van der Waals surface area contributed by atoms with Crippen molar-refractivity contribution in [2.75, 3.05) is 0 Å². The lowest BCUT2D eigenvalue weighted by atomic mass is 10.3. The van der Waals surface area contributed by atoms with E-state index in [1.807, 2.05) is 4.98 Å². The van der Waals surface area contributed by atoms with Crippen molar-refractivity contribution in [1.82, 2.24) is 9.97 Å². The first-order valence-corrected chi connectivity index (χ1v) is 7.34. The number of H-pyrrole nitrogens is 2. The quantitative estimate of drug-likeness (QED) is 0.616. The predicted octanol–water partition coefficient (Wildman–Crippen LogP) is 0.416. The zero-order valence-corrected chi connectivity index (χ0v) is 11.7. The minimum Gasteiger partial charge on any atom is -0.314 e. The summed E-state index contributed by atoms with van der Waals surface area (Å²) in [5.74, 6) is 0. The zero-order chi connectivity index (χ0) is 16.3. The van der Waals surface area contributed by atoms with Crippen LogP contribution in [-0.2, 0) is 9.84 Å². The summed E-state index contributed by atoms with van der Waals surface area (Å²) in [6, 6.07) is 4.31. The minimum absolute atomic E-state index is 0.0508. The molecule has 0 aliphatic carbocycles. The molecular weight excluding hydrogens is 314 g/mol. The molecule has 9 nitrogen and oxygen atoms in total. The molecule has 0 saturated heterocycles. The van der Waals surface area contributed by atoms with E-state index in [9.17, 15) is 28.1 Å². The number of nitro groups is 1. The Hall–Kier alpha value is -3.01. The van der Waals surface area contributed by atoms with Crippen LogP contribution < -0.4 is 11.2 Å². The fourth-order valence-electron chi connectivity index (χ4n) is 1.54. The molecule has 2 N–H and O–H groups in total. The van der Waals surface area contributed by atoms with Crippen molar-refractivity contribution in [3.63, 3.8) is 0 Å². The molecule has 1 aromatic carbocycles. The van der Waals surface area contributed by atoms with Crippen LogP contribution in [0.3, 0.4) is 0 Å². The van der Waals surface area contributed by atoms with E-state index in [1.54, 1.807) is 0 Å². The molecular formula is C12H9N3O6S. The number of benzene rings is 1. The molecule has 1 heterocycles. The Morgan fingerprint density at radius 1 is 1.14 bits per heavy atom. The number of hydrogen-bond donors (Lipinski definition) is 2. The highest BCUT2D eigenvalue weighted by molar-refractivity contribution is 7.94. The highest BCUT2D eigenvalue weighted by atomic mass is 32.2. The van der Waals surface area contributed by atoms with E-state index in [0.29, 0.717) is 0 Å². The topological polar surface area (TPSA) is 143 Å². The van der Waals surface area contributed by atoms with Gasteiger partial charge < -0.3 is 4.98 Å². The van der Waals surface area contributed by atoms with E-state index in [2.05, 4.69) is 4.98 Å². The van der Waals surface area contributed by atoms with Crippen LogP contribution in [0.25, 0.3) is 6.08 Å². The molecule has 0 spiro atoms. The summed E-state index contributed by atoms with van der Waals surface area (Å²) >= 11 is 0. The summed E-state index contributed by atoms with van der Waals surface area (Å²) in [5, 5.41) is 11.3. The molecule has 0 aliphatic heterocycles. The average Bonchev–Trinajstić information content (AvgIpc) is 2.46. The van der Waals surface area contributed by atoms with Gasteiger partial charge in [0.25, 0.3) is 11.2 Å². The van der Waals surface area contributed by atoms with Gasteiger partial charge in [0.2, 0.25) is 0 Å². The normalized spacial score (nSPS) is 11.6. The SMILES string of the molecule is O=c1[nH]cc(/C=C/S(=O)(=O)c2ccc([N+](=O)[O-])cc2)c(=O)[nH]1. The third-order valence-electron chi connectivity index (χ3n) is 2.65. The Balaban J connectivity index is 2.34. The van der Waals surface area contributed by atoms with E-state index in [0.717, 1.165) is 41.9 Å². The molecule has 114 valence electrons. The Morgan fingerprint density at radius 3 is 2.32 bits per heavy atom. The second kappa shape index (κ2) is 5.77. The Labute approximate surface area is 123 Å². The van der Waals surface area contributed by atoms with Crippen LogP contribution >= 0.6 is 0 Å². The first-order valence-electron chi connectivity index (χ1n) is 5.79. The molecule has 0 unspecified atom stereocenters. The molecule has 0 aliphatic rings. The van der Waals surface area contributed by atoms with Crippen LogP contribution in [-0.4, -0.2) is 23.3 Å². The maximum absolute atomic E-state index is 12.0. The van der Waals surface area contributed by atoms with Gasteiger partial charge in [-0.05, 0) is 18.2 Å². The average molecular weight is 323 g/mol. The van der Waals surface area contributed by atoms with E-state index >= 15 is 0 Å². The Morgan fingerprint density at radius 2 is 1.77 bits per heavy atom. The maximum Gasteiger partial charge on any atom is 0.325 e. The number of nitrogens with zero attached hydrogens (tertiary/aromatic N) is 1. The van der Waals surface area contributed by atoms with Crippen LogP contribution in [0.5, 0.6) is 0 Å². The molecule has 0 bridgehead atoms. The van der Waals surface area contributed by atoms with Gasteiger partial charge in [-0.15, -0.1) is 0 Å². The summed E-state index contributed by atoms with van der Waals surface area (Å²) in [7, 11) is -3.88. The fourth-order valence-corrected chi connectivity index (χ4v) is 2.54. The lowest BCUT2D eigenvalue weighted by molar-refractivity contribution is -0.384. The largest absolute Gasteiger partial charge is 0.325 e. The van der Waals surface area contributed by atoms with Gasteiger partial charge in [-0.3, -0.25) is 19.9 Å². The van der Waals surface area contributed by atoms with E-state index < -0.39 is 26.0 Å². The van der Waals surface area contributed by atoms with Crippen molar-refractivity contribution in [3.05, 3.63) is 72.4 Å². The number of non-ortho nitro benzene ring substituents is 1. The van der Waals surface area contributed by atoms with Crippen molar-refractivity contribution in [3.8, 4) is 0 Å². The van der Waals surface area contributed by atoms with Crippen molar-refractivity contribution in [2.24, 2.45) is 0 Å². The van der Waals surface area contributed by atoms with E-state index in [1.165, 1.54) is 0 Å². The number of rotatable bonds is 4. The van der Waals surface area contributed by atoms with Crippen molar-refractivity contribution < 1.29 is 13.3 Å². The molecule has 0 amide bonds. The standard InChI is InChI=1S/C12H9N3O6S/c16-11-8(7-13-12(17)14-11)5-6-22(20,21)10-3-1-9(2-4-10)15(18)19/h1-7H,(H2,13,14,16,17)/b6-5+. The molecule has 10 heteroatoms. The highest BCUT2D eigenvalue weighted by Gasteiger charge is 2.13. The molecule has 0 fully saturated rings. The van der Waals surface area contributed by atoms with Gasteiger partial charge in [-0.1, -0.05) is 0 Å². The van der Waals surface area contributed by atoms with Crippen LogP contribution in [0.1, 0.15) is 5.56 Å². The second-order valence-corrected chi connectivity index (χ2v) is 5.96. The van der Waals surface area contributed by atoms with Gasteiger partial charge in [-0.2, -0.15) is 0 Å². The number of aromatic amines is 2. The first-order chi connectivity index (χ1) is 10.3. The van der Waals surface area contributed by atoms with E-state index in [4.69, 9.17) is 0 Å². The Bertz CT molecular complexity index is 953. The van der Waals surface area contributed by atoms with Gasteiger partial charge in [0.05, 0.1) is 15.4 Å². The molecule has 1 aromatic heterocycles. The molecule has 0 radical (unpaired) electrons. The predicted molar refractivity (Wildman–Crippen MR) is 77.0 cm³/mol. The van der Waals surface area contributed by atoms with Crippen LogP contribution in [0.4, 0.5) is 5.69 Å². The van der Waals surface area contributed by atoms with Crippen molar-refractivity contribution >= 4 is 21.6 Å². The van der Waals surface area contributed by atoms with Crippen molar-refractivity contribution in [2.45, 2.75) is 4.90 Å². The summed E-state index contributed by atoms with van der Waals surface area (Å²) < 4.78 is 24.0. The summed E-state index contributed by atoms with van der Waals surface area (Å²) in [5.41, 5.74) is -1.73. The molecule has 2 aromatic rings. The third kappa shape index (κ3) is 3.35. The number of aromatic nitrogens is 2. The lowest BCUT2D eigenvalue weighted by Gasteiger charge is -1.98. The van der Waals surface area contributed by atoms with Crippen LogP contribution in [0.2, 0.25) is 0 Å². The van der Waals surface area contributed by atoms with Gasteiger partial charge in [0, 0.05) is 23.7 Å². The number of sulfone groups is 1. The van der Waals surface area contributed by atoms with Gasteiger partial charge >= 0.3 is 5.69 Å². The van der Waals surface area contributed by atoms with Crippen molar-refractivity contribution in [1.29, 1.82) is 0 Å². The summed E-state index contributed by atoms with van der Waals surface area (Å²) in [4.78, 5) is 36.1. The summed E-state index contributed by atoms with van der Waals surface area (Å²) in [6.07, 6.45) is 2.09. The molecule has 2 rings (SSSR count). The number of hydrogen-bond acceptors (Lipinski definition) is 6. The number of nitro benzene ring substituents is 1. The second-order valence-electron chi connectivity index (χ2n) is 4.13. The Kier molecular flexibility index (Phi) is 4.04. The van der Waals surface area contributed by atoms with Crippen LogP contribution in [0, 0.1) is 10.1 Å². The van der Waals surface area contributed by atoms with Gasteiger partial charge in [0.15, 0.2) is 9.84 Å². The highest BCUT2D eigenvalue weighted by Crippen LogP contribution is 2.18. The van der Waals surface area contributed by atoms with Crippen LogP contribution in [0.15, 0.2) is 50.4 Å². The van der Waals surface area contributed by atoms with E-state index in [-0.39, 0.29) is 16.1 Å². The first kappa shape index (κ1) is 15.4. The minimum atomic E-state index is -3.88. The fraction of sp³-hybridized carbons (Fsp3) is 0. The van der Waals surface area contributed by atoms with Gasteiger partial charge in [-0.25, -0.2) is 13.2 Å².